The Morgan fingerprint density at radius 1 is 0.738 bits per heavy atom. The monoisotopic (exact) mass is 593 g/mol. The lowest BCUT2D eigenvalue weighted by Crippen LogP contribution is -2.55. The van der Waals surface area contributed by atoms with Crippen molar-refractivity contribution in [1.82, 2.24) is 16.0 Å². The minimum Gasteiger partial charge on any atom is -0.357 e. The molecule has 42 heavy (non-hydrogen) atoms. The zero-order valence-electron chi connectivity index (χ0n) is 25.0. The molecule has 0 aliphatic heterocycles. The number of hydrogen-bond donors (Lipinski definition) is 3. The number of amides is 2. The lowest BCUT2D eigenvalue weighted by Gasteiger charge is -2.31. The second kappa shape index (κ2) is 17.0. The molecule has 226 valence electrons. The highest BCUT2D eigenvalue weighted by Gasteiger charge is 2.38. The third-order valence-electron chi connectivity index (χ3n) is 6.86. The summed E-state index contributed by atoms with van der Waals surface area (Å²) in [5.41, 5.74) is 2.66. The summed E-state index contributed by atoms with van der Waals surface area (Å²) >= 11 is 0. The Hall–Kier alpha value is -3.29. The van der Waals surface area contributed by atoms with Gasteiger partial charge in [-0.25, -0.2) is 0 Å². The molecule has 0 saturated carbocycles. The average Bonchev–Trinajstić information content (AvgIpc) is 3.01. The van der Waals surface area contributed by atoms with E-state index in [4.69, 9.17) is 9.05 Å². The second-order valence-corrected chi connectivity index (χ2v) is 12.9. The molecular formula is C33H44N3O5P. The van der Waals surface area contributed by atoms with Crippen LogP contribution >= 0.6 is 7.60 Å². The summed E-state index contributed by atoms with van der Waals surface area (Å²) in [5.74, 6) is -1.24. The summed E-state index contributed by atoms with van der Waals surface area (Å²) < 4.78 is 26.6. The number of rotatable bonds is 17. The van der Waals surface area contributed by atoms with Crippen molar-refractivity contribution in [3.63, 3.8) is 0 Å². The Morgan fingerprint density at radius 3 is 1.64 bits per heavy atom. The molecule has 3 aromatic rings. The summed E-state index contributed by atoms with van der Waals surface area (Å²) in [5, 5.41) is 8.90. The Balaban J connectivity index is 1.83. The van der Waals surface area contributed by atoms with Gasteiger partial charge in [-0.1, -0.05) is 112 Å². The number of benzene rings is 3. The molecular weight excluding hydrogens is 549 g/mol. The molecule has 3 aromatic carbocycles. The van der Waals surface area contributed by atoms with Crippen LogP contribution < -0.4 is 16.0 Å². The number of carbonyl (C=O) groups excluding carboxylic acids is 2. The number of carbonyl (C=O) groups is 2. The van der Waals surface area contributed by atoms with Gasteiger partial charge in [-0.05, 0) is 35.4 Å². The summed E-state index contributed by atoms with van der Waals surface area (Å²) in [6, 6.07) is 27.0. The van der Waals surface area contributed by atoms with Crippen molar-refractivity contribution in [2.75, 3.05) is 7.05 Å². The molecule has 0 fully saturated rings. The van der Waals surface area contributed by atoms with Crippen molar-refractivity contribution in [1.29, 1.82) is 0 Å². The van der Waals surface area contributed by atoms with Gasteiger partial charge in [0.15, 0.2) is 0 Å². The first-order valence-corrected chi connectivity index (χ1v) is 16.1. The van der Waals surface area contributed by atoms with Crippen LogP contribution in [0.1, 0.15) is 50.3 Å². The Morgan fingerprint density at radius 2 is 1.21 bits per heavy atom. The van der Waals surface area contributed by atoms with Crippen molar-refractivity contribution < 1.29 is 23.2 Å². The van der Waals surface area contributed by atoms with Crippen molar-refractivity contribution in [3.05, 3.63) is 108 Å². The van der Waals surface area contributed by atoms with Gasteiger partial charge < -0.3 is 19.7 Å². The van der Waals surface area contributed by atoms with Crippen molar-refractivity contribution >= 4 is 19.4 Å². The fourth-order valence-corrected chi connectivity index (χ4v) is 6.49. The first-order chi connectivity index (χ1) is 20.2. The molecule has 8 nitrogen and oxygen atoms in total. The van der Waals surface area contributed by atoms with Crippen LogP contribution in [0.5, 0.6) is 0 Å². The Bertz CT molecular complexity index is 1230. The predicted molar refractivity (Wildman–Crippen MR) is 167 cm³/mol. The molecule has 0 aliphatic carbocycles. The molecule has 2 amide bonds. The molecule has 3 rings (SSSR count). The van der Waals surface area contributed by atoms with Gasteiger partial charge in [-0.2, -0.15) is 0 Å². The van der Waals surface area contributed by atoms with Crippen molar-refractivity contribution in [3.8, 4) is 0 Å². The van der Waals surface area contributed by atoms with Crippen LogP contribution in [0.2, 0.25) is 0 Å². The minimum absolute atomic E-state index is 0.0992. The highest BCUT2D eigenvalue weighted by molar-refractivity contribution is 7.54. The minimum atomic E-state index is -3.78. The van der Waals surface area contributed by atoms with Crippen LogP contribution in [0, 0.1) is 5.92 Å². The van der Waals surface area contributed by atoms with Gasteiger partial charge in [0.05, 0.1) is 19.3 Å². The molecule has 3 N–H and O–H groups in total. The van der Waals surface area contributed by atoms with Gasteiger partial charge >= 0.3 is 7.60 Å². The Kier molecular flexibility index (Phi) is 13.4. The molecule has 0 unspecified atom stereocenters. The number of nitrogens with one attached hydrogen (secondary N) is 3. The van der Waals surface area contributed by atoms with E-state index < -0.39 is 25.5 Å². The molecule has 0 saturated heterocycles. The summed E-state index contributed by atoms with van der Waals surface area (Å²) in [6.45, 7) is 6.11. The standard InChI is InChI=1S/C33H44N3O5P/c1-5-31(42(39,40-23-27-17-11-7-12-18-27)41-24-28-19-13-8-14-20-28)35-29(21-25(2)3)33(38)36-30(32(37)34-4)22-26-15-9-6-10-16-26/h6-20,25,29-31,35H,5,21-24H2,1-4H3,(H,34,37)(H,36,38)/t29-,30+,31-/m1/s1. The lowest BCUT2D eigenvalue weighted by atomic mass is 10.0. The zero-order chi connectivity index (χ0) is 30.4. The van der Waals surface area contributed by atoms with E-state index >= 15 is 0 Å². The van der Waals surface area contributed by atoms with Crippen molar-refractivity contribution in [2.45, 2.75) is 71.1 Å². The summed E-state index contributed by atoms with van der Waals surface area (Å²) in [6.07, 6.45) is 1.20. The van der Waals surface area contributed by atoms with Crippen LogP contribution in [-0.2, 0) is 42.8 Å². The fraction of sp³-hybridized carbons (Fsp3) is 0.394. The normalized spacial score (nSPS) is 13.7. The van der Waals surface area contributed by atoms with E-state index in [1.165, 1.54) is 0 Å². The molecule has 0 bridgehead atoms. The maximum absolute atomic E-state index is 14.5. The topological polar surface area (TPSA) is 106 Å². The quantitative estimate of drug-likeness (QED) is 0.170. The van der Waals surface area contributed by atoms with Gasteiger partial charge in [0.25, 0.3) is 0 Å². The molecule has 0 radical (unpaired) electrons. The van der Waals surface area contributed by atoms with Gasteiger partial charge in [0.2, 0.25) is 11.8 Å². The van der Waals surface area contributed by atoms with E-state index in [1.54, 1.807) is 7.05 Å². The van der Waals surface area contributed by atoms with Gasteiger partial charge in [-0.3, -0.25) is 19.5 Å². The van der Waals surface area contributed by atoms with E-state index in [0.29, 0.717) is 19.3 Å². The number of likely N-dealkylation sites (N-methyl/N-ethyl adjacent to an activating group) is 1. The summed E-state index contributed by atoms with van der Waals surface area (Å²) in [4.78, 5) is 26.5. The molecule has 0 heterocycles. The van der Waals surface area contributed by atoms with Crippen LogP contribution in [-0.4, -0.2) is 36.7 Å². The van der Waals surface area contributed by atoms with Crippen LogP contribution in [0.4, 0.5) is 0 Å². The predicted octanol–water partition coefficient (Wildman–Crippen LogP) is 5.83. The zero-order valence-corrected chi connectivity index (χ0v) is 25.9. The smallest absolute Gasteiger partial charge is 0.348 e. The third-order valence-corrected chi connectivity index (χ3v) is 9.11. The highest BCUT2D eigenvalue weighted by atomic mass is 31.2. The summed E-state index contributed by atoms with van der Waals surface area (Å²) in [7, 11) is -2.23. The van der Waals surface area contributed by atoms with Crippen LogP contribution in [0.15, 0.2) is 91.0 Å². The van der Waals surface area contributed by atoms with Crippen LogP contribution in [0.3, 0.4) is 0 Å². The highest BCUT2D eigenvalue weighted by Crippen LogP contribution is 2.54. The lowest BCUT2D eigenvalue weighted by molar-refractivity contribution is -0.130. The molecule has 9 heteroatoms. The molecule has 0 aliphatic rings. The van der Waals surface area contributed by atoms with Gasteiger partial charge in [0, 0.05) is 13.5 Å². The van der Waals surface area contributed by atoms with Crippen molar-refractivity contribution in [2.24, 2.45) is 5.92 Å². The van der Waals surface area contributed by atoms with E-state index in [-0.39, 0.29) is 30.9 Å². The van der Waals surface area contributed by atoms with E-state index in [2.05, 4.69) is 16.0 Å². The average molecular weight is 594 g/mol. The maximum atomic E-state index is 14.5. The van der Waals surface area contributed by atoms with Crippen LogP contribution in [0.25, 0.3) is 0 Å². The first-order valence-electron chi connectivity index (χ1n) is 14.5. The second-order valence-electron chi connectivity index (χ2n) is 10.7. The fourth-order valence-electron chi connectivity index (χ4n) is 4.59. The number of hydrogen-bond acceptors (Lipinski definition) is 6. The first kappa shape index (κ1) is 33.2. The van der Waals surface area contributed by atoms with E-state index in [9.17, 15) is 14.2 Å². The maximum Gasteiger partial charge on any atom is 0.348 e. The molecule has 3 atom stereocenters. The van der Waals surface area contributed by atoms with E-state index in [0.717, 1.165) is 16.7 Å². The molecule has 0 spiro atoms. The van der Waals surface area contributed by atoms with Gasteiger partial charge in [-0.15, -0.1) is 0 Å². The van der Waals surface area contributed by atoms with Gasteiger partial charge in [0.1, 0.15) is 11.8 Å². The largest absolute Gasteiger partial charge is 0.357 e. The third kappa shape index (κ3) is 10.5. The molecule has 0 aromatic heterocycles. The SMILES string of the molecule is CC[C@H](N[C@H](CC(C)C)C(=O)N[C@@H](Cc1ccccc1)C(=O)NC)P(=O)(OCc1ccccc1)OCc1ccccc1. The van der Waals surface area contributed by atoms with E-state index in [1.807, 2.05) is 112 Å². The Labute approximate surface area is 250 Å².